The minimum absolute atomic E-state index is 0.0195. The van der Waals surface area contributed by atoms with Crippen LogP contribution in [0.2, 0.25) is 5.02 Å². The molecule has 0 radical (unpaired) electrons. The van der Waals surface area contributed by atoms with Gasteiger partial charge in [0.1, 0.15) is 11.6 Å². The second kappa shape index (κ2) is 6.30. The van der Waals surface area contributed by atoms with Crippen LogP contribution in [-0.2, 0) is 9.59 Å². The highest BCUT2D eigenvalue weighted by Gasteiger charge is 2.28. The predicted octanol–water partition coefficient (Wildman–Crippen LogP) is 1.92. The van der Waals surface area contributed by atoms with Crippen molar-refractivity contribution in [2.24, 2.45) is 0 Å². The third-order valence-corrected chi connectivity index (χ3v) is 2.65. The monoisotopic (exact) mass is 277 g/mol. The second-order valence-corrected chi connectivity index (χ2v) is 4.03. The highest BCUT2D eigenvalue weighted by atomic mass is 35.5. The molecule has 1 aromatic rings. The molecule has 1 fully saturated rings. The first kappa shape index (κ1) is 14.4. The van der Waals surface area contributed by atoms with Crippen molar-refractivity contribution in [3.05, 3.63) is 34.4 Å². The molecule has 0 spiro atoms. The normalized spacial score (nSPS) is 17.7. The van der Waals surface area contributed by atoms with Crippen molar-refractivity contribution in [1.29, 1.82) is 0 Å². The summed E-state index contributed by atoms with van der Waals surface area (Å²) < 4.78 is 26.9. The Labute approximate surface area is 107 Å². The van der Waals surface area contributed by atoms with Crippen LogP contribution in [0.3, 0.4) is 0 Å². The van der Waals surface area contributed by atoms with Gasteiger partial charge in [0.05, 0.1) is 0 Å². The zero-order chi connectivity index (χ0) is 13.7. The molecule has 0 aromatic heterocycles. The smallest absolute Gasteiger partial charge is 0.290 e. The molecule has 0 saturated carbocycles. The summed E-state index contributed by atoms with van der Waals surface area (Å²) in [7, 11) is 0. The number of nitrogens with one attached hydrogen (secondary N) is 1. The zero-order valence-electron chi connectivity index (χ0n) is 9.12. The van der Waals surface area contributed by atoms with Gasteiger partial charge in [-0.15, -0.1) is 0 Å². The molecule has 1 heterocycles. The summed E-state index contributed by atoms with van der Waals surface area (Å²) in [5.41, 5.74) is -0.0576. The number of carboxylic acid groups (broad SMARTS) is 1. The van der Waals surface area contributed by atoms with E-state index in [9.17, 15) is 13.6 Å². The number of carbonyl (C=O) groups excluding carboxylic acids is 1. The summed E-state index contributed by atoms with van der Waals surface area (Å²) in [6.07, 6.45) is 0.121. The second-order valence-electron chi connectivity index (χ2n) is 3.59. The zero-order valence-corrected chi connectivity index (χ0v) is 9.88. The minimum Gasteiger partial charge on any atom is -0.483 e. The molecule has 1 atom stereocenters. The van der Waals surface area contributed by atoms with Crippen LogP contribution >= 0.6 is 11.6 Å². The number of halogens is 3. The summed E-state index contributed by atoms with van der Waals surface area (Å²) in [4.78, 5) is 19.3. The van der Waals surface area contributed by atoms with Gasteiger partial charge >= 0.3 is 0 Å². The van der Waals surface area contributed by atoms with Crippen molar-refractivity contribution < 1.29 is 23.5 Å². The minimum atomic E-state index is -0.693. The molecular weight excluding hydrogens is 268 g/mol. The first-order valence-electron chi connectivity index (χ1n) is 4.98. The van der Waals surface area contributed by atoms with Gasteiger partial charge < -0.3 is 10.4 Å². The Balaban J connectivity index is 0.000000492. The molecule has 18 heavy (non-hydrogen) atoms. The number of rotatable bonds is 1. The Morgan fingerprint density at radius 1 is 1.39 bits per heavy atom. The van der Waals surface area contributed by atoms with E-state index in [4.69, 9.17) is 21.5 Å². The maximum Gasteiger partial charge on any atom is 0.290 e. The van der Waals surface area contributed by atoms with Crippen molar-refractivity contribution >= 4 is 24.0 Å². The van der Waals surface area contributed by atoms with E-state index in [1.807, 2.05) is 0 Å². The van der Waals surface area contributed by atoms with Gasteiger partial charge in [-0.2, -0.15) is 0 Å². The average Bonchev–Trinajstić information content (AvgIpc) is 2.64. The van der Waals surface area contributed by atoms with Crippen LogP contribution in [-0.4, -0.2) is 24.0 Å². The Kier molecular flexibility index (Phi) is 5.03. The van der Waals surface area contributed by atoms with E-state index in [1.54, 1.807) is 0 Å². The van der Waals surface area contributed by atoms with Crippen LogP contribution < -0.4 is 5.32 Å². The number of hydrogen-bond acceptors (Lipinski definition) is 2. The molecule has 1 aliphatic rings. The van der Waals surface area contributed by atoms with E-state index in [1.165, 1.54) is 0 Å². The molecule has 2 rings (SSSR count). The Morgan fingerprint density at radius 3 is 2.28 bits per heavy atom. The van der Waals surface area contributed by atoms with Crippen LogP contribution in [0.5, 0.6) is 0 Å². The molecule has 1 aliphatic heterocycles. The number of amides is 1. The van der Waals surface area contributed by atoms with E-state index in [0.29, 0.717) is 0 Å². The molecule has 0 aliphatic carbocycles. The highest BCUT2D eigenvalue weighted by Crippen LogP contribution is 2.29. The first-order valence-corrected chi connectivity index (χ1v) is 5.36. The lowest BCUT2D eigenvalue weighted by molar-refractivity contribution is -0.123. The quantitative estimate of drug-likeness (QED) is 0.771. The Hall–Kier alpha value is -1.69. The molecule has 4 nitrogen and oxygen atoms in total. The number of hydrogen-bond donors (Lipinski definition) is 2. The molecule has 0 bridgehead atoms. The van der Waals surface area contributed by atoms with E-state index >= 15 is 0 Å². The fourth-order valence-electron chi connectivity index (χ4n) is 1.75. The largest absolute Gasteiger partial charge is 0.483 e. The SMILES string of the molecule is O=C1C[C@H](c2c(F)cc(Cl)cc2F)CN1.O=CO. The first-order chi connectivity index (χ1) is 8.49. The summed E-state index contributed by atoms with van der Waals surface area (Å²) in [6, 6.07) is 2.12. The van der Waals surface area contributed by atoms with Crippen LogP contribution in [0.4, 0.5) is 8.78 Å². The third kappa shape index (κ3) is 3.40. The molecule has 2 N–H and O–H groups in total. The maximum absolute atomic E-state index is 13.4. The lowest BCUT2D eigenvalue weighted by Gasteiger charge is -2.10. The predicted molar refractivity (Wildman–Crippen MR) is 60.4 cm³/mol. The average molecular weight is 278 g/mol. The van der Waals surface area contributed by atoms with E-state index in [-0.39, 0.29) is 35.9 Å². The standard InChI is InChI=1S/C10H8ClF2NO.CH2O2/c11-6-2-7(12)10(8(13)3-6)5-1-9(15)14-4-5;2-1-3/h2-3,5H,1,4H2,(H,14,15);1H,(H,2,3)/t5-;/m0./s1. The van der Waals surface area contributed by atoms with Crippen molar-refractivity contribution in [2.75, 3.05) is 6.54 Å². The molecule has 7 heteroatoms. The fourth-order valence-corrected chi connectivity index (χ4v) is 1.94. The highest BCUT2D eigenvalue weighted by molar-refractivity contribution is 6.30. The van der Waals surface area contributed by atoms with Gasteiger partial charge in [0, 0.05) is 29.5 Å². The van der Waals surface area contributed by atoms with Crippen LogP contribution in [0.25, 0.3) is 0 Å². The Morgan fingerprint density at radius 2 is 1.89 bits per heavy atom. The van der Waals surface area contributed by atoms with E-state index in [0.717, 1.165) is 12.1 Å². The van der Waals surface area contributed by atoms with Gasteiger partial charge in [-0.3, -0.25) is 9.59 Å². The molecule has 98 valence electrons. The van der Waals surface area contributed by atoms with Gasteiger partial charge in [0.15, 0.2) is 0 Å². The third-order valence-electron chi connectivity index (χ3n) is 2.43. The molecular formula is C11H10ClF2NO3. The molecule has 1 aromatic carbocycles. The summed E-state index contributed by atoms with van der Waals surface area (Å²) in [5.74, 6) is -2.01. The van der Waals surface area contributed by atoms with Gasteiger partial charge in [-0.05, 0) is 12.1 Å². The van der Waals surface area contributed by atoms with Gasteiger partial charge in [0.2, 0.25) is 5.91 Å². The van der Waals surface area contributed by atoms with Gasteiger partial charge in [-0.1, -0.05) is 11.6 Å². The number of benzene rings is 1. The van der Waals surface area contributed by atoms with Gasteiger partial charge in [0.25, 0.3) is 6.47 Å². The van der Waals surface area contributed by atoms with Crippen LogP contribution in [0.15, 0.2) is 12.1 Å². The van der Waals surface area contributed by atoms with Gasteiger partial charge in [-0.25, -0.2) is 8.78 Å². The van der Waals surface area contributed by atoms with Crippen LogP contribution in [0, 0.1) is 11.6 Å². The van der Waals surface area contributed by atoms with E-state index in [2.05, 4.69) is 5.32 Å². The summed E-state index contributed by atoms with van der Waals surface area (Å²) in [6.45, 7) is 0.0221. The van der Waals surface area contributed by atoms with Crippen molar-refractivity contribution in [3.8, 4) is 0 Å². The van der Waals surface area contributed by atoms with Crippen LogP contribution in [0.1, 0.15) is 17.9 Å². The lowest BCUT2D eigenvalue weighted by Crippen LogP contribution is -2.14. The molecule has 1 saturated heterocycles. The maximum atomic E-state index is 13.4. The Bertz CT molecular complexity index is 445. The summed E-state index contributed by atoms with van der Waals surface area (Å²) >= 11 is 5.50. The summed E-state index contributed by atoms with van der Waals surface area (Å²) in [5, 5.41) is 9.44. The fraction of sp³-hybridized carbons (Fsp3) is 0.273. The van der Waals surface area contributed by atoms with Crippen molar-refractivity contribution in [1.82, 2.24) is 5.32 Å². The molecule has 0 unspecified atom stereocenters. The van der Waals surface area contributed by atoms with E-state index < -0.39 is 17.6 Å². The van der Waals surface area contributed by atoms with Crippen molar-refractivity contribution in [3.63, 3.8) is 0 Å². The number of carbonyl (C=O) groups is 2. The molecule has 1 amide bonds. The van der Waals surface area contributed by atoms with Crippen molar-refractivity contribution in [2.45, 2.75) is 12.3 Å². The lowest BCUT2D eigenvalue weighted by atomic mass is 9.97. The topological polar surface area (TPSA) is 66.4 Å².